The average Bonchev–Trinajstić information content (AvgIpc) is 1.97. The molecule has 1 saturated carbocycles. The summed E-state index contributed by atoms with van der Waals surface area (Å²) < 4.78 is 0. The Bertz CT molecular complexity index is 124. The van der Waals surface area contributed by atoms with Crippen molar-refractivity contribution in [2.45, 2.75) is 37.8 Å². The normalized spacial score (nSPS) is 52.6. The quantitative estimate of drug-likeness (QED) is 0.348. The van der Waals surface area contributed by atoms with E-state index in [0.717, 1.165) is 0 Å². The molecule has 0 aromatic carbocycles. The second kappa shape index (κ2) is 3.06. The van der Waals surface area contributed by atoms with Crippen molar-refractivity contribution in [3.63, 3.8) is 0 Å². The number of aliphatic hydroxyl groups is 4. The fourth-order valence-electron chi connectivity index (χ4n) is 1.43. The van der Waals surface area contributed by atoms with Crippen LogP contribution in [-0.2, 0) is 0 Å². The maximum absolute atomic E-state index is 9.21. The molecule has 4 nitrogen and oxygen atoms in total. The molecule has 0 aromatic heterocycles. The molecule has 0 bridgehead atoms. The van der Waals surface area contributed by atoms with Crippen LogP contribution < -0.4 is 0 Å². The van der Waals surface area contributed by atoms with Crippen molar-refractivity contribution < 1.29 is 20.4 Å². The van der Waals surface area contributed by atoms with Gasteiger partial charge in [0.1, 0.15) is 12.2 Å². The minimum absolute atomic E-state index is 0.164. The van der Waals surface area contributed by atoms with E-state index in [1.54, 1.807) is 6.92 Å². The highest BCUT2D eigenvalue weighted by Crippen LogP contribution is 2.24. The van der Waals surface area contributed by atoms with Gasteiger partial charge in [-0.2, -0.15) is 0 Å². The summed E-state index contributed by atoms with van der Waals surface area (Å²) >= 11 is 0. The monoisotopic (exact) mass is 162 g/mol. The van der Waals surface area contributed by atoms with E-state index in [-0.39, 0.29) is 5.92 Å². The van der Waals surface area contributed by atoms with Gasteiger partial charge >= 0.3 is 0 Å². The van der Waals surface area contributed by atoms with E-state index in [1.165, 1.54) is 0 Å². The molecule has 0 aliphatic heterocycles. The lowest BCUT2D eigenvalue weighted by atomic mass is 9.82. The van der Waals surface area contributed by atoms with Gasteiger partial charge in [-0.3, -0.25) is 0 Å². The van der Waals surface area contributed by atoms with Gasteiger partial charge in [-0.25, -0.2) is 0 Å². The van der Waals surface area contributed by atoms with E-state index in [0.29, 0.717) is 6.42 Å². The van der Waals surface area contributed by atoms with Crippen LogP contribution in [0.15, 0.2) is 0 Å². The van der Waals surface area contributed by atoms with Gasteiger partial charge in [0.15, 0.2) is 0 Å². The summed E-state index contributed by atoms with van der Waals surface area (Å²) in [5, 5.41) is 36.5. The van der Waals surface area contributed by atoms with Gasteiger partial charge in [-0.1, -0.05) is 6.92 Å². The van der Waals surface area contributed by atoms with E-state index in [4.69, 9.17) is 15.3 Å². The minimum Gasteiger partial charge on any atom is -0.390 e. The van der Waals surface area contributed by atoms with Gasteiger partial charge in [0.25, 0.3) is 0 Å². The summed E-state index contributed by atoms with van der Waals surface area (Å²) in [4.78, 5) is 0. The van der Waals surface area contributed by atoms with E-state index in [9.17, 15) is 5.11 Å². The lowest BCUT2D eigenvalue weighted by molar-refractivity contribution is -0.154. The molecule has 5 atom stereocenters. The highest BCUT2D eigenvalue weighted by Gasteiger charge is 2.39. The fraction of sp³-hybridized carbons (Fsp3) is 1.00. The molecule has 4 heteroatoms. The molecule has 0 aromatic rings. The van der Waals surface area contributed by atoms with Crippen LogP contribution in [0, 0.1) is 5.92 Å². The Kier molecular flexibility index (Phi) is 2.49. The zero-order valence-electron chi connectivity index (χ0n) is 6.38. The Morgan fingerprint density at radius 1 is 0.909 bits per heavy atom. The molecular formula is C7H14O4. The zero-order valence-corrected chi connectivity index (χ0v) is 6.38. The molecule has 4 N–H and O–H groups in total. The van der Waals surface area contributed by atoms with Crippen molar-refractivity contribution in [3.8, 4) is 0 Å². The highest BCUT2D eigenvalue weighted by atomic mass is 16.4. The Labute approximate surface area is 65.1 Å². The number of rotatable bonds is 0. The molecule has 1 aliphatic carbocycles. The second-order valence-corrected chi connectivity index (χ2v) is 3.25. The van der Waals surface area contributed by atoms with Crippen molar-refractivity contribution in [1.29, 1.82) is 0 Å². The van der Waals surface area contributed by atoms with Gasteiger partial charge < -0.3 is 20.4 Å². The zero-order chi connectivity index (χ0) is 8.59. The van der Waals surface area contributed by atoms with Crippen molar-refractivity contribution >= 4 is 0 Å². The molecular weight excluding hydrogens is 148 g/mol. The molecule has 0 saturated heterocycles. The van der Waals surface area contributed by atoms with Crippen LogP contribution >= 0.6 is 0 Å². The van der Waals surface area contributed by atoms with Crippen LogP contribution in [0.5, 0.6) is 0 Å². The molecule has 0 amide bonds. The van der Waals surface area contributed by atoms with Crippen LogP contribution in [0.4, 0.5) is 0 Å². The SMILES string of the molecule is CC1C[C@@H](O)C(O)C(O)[C@@H]1O. The summed E-state index contributed by atoms with van der Waals surface area (Å²) in [6.07, 6.45) is -3.92. The first-order valence-corrected chi connectivity index (χ1v) is 3.76. The standard InChI is InChI=1S/C7H14O4/c1-3-2-4(8)6(10)7(11)5(3)9/h3-11H,2H2,1H3/t3?,4-,5-,6?,7?/m1/s1. The minimum atomic E-state index is -1.21. The first-order valence-electron chi connectivity index (χ1n) is 3.76. The Hall–Kier alpha value is -0.160. The predicted octanol–water partition coefficient (Wildman–Crippen LogP) is -1.53. The maximum Gasteiger partial charge on any atom is 0.108 e. The van der Waals surface area contributed by atoms with E-state index < -0.39 is 24.4 Å². The predicted molar refractivity (Wildman–Crippen MR) is 37.8 cm³/mol. The third-order valence-corrected chi connectivity index (χ3v) is 2.29. The summed E-state index contributed by atoms with van der Waals surface area (Å²) in [6.45, 7) is 1.73. The maximum atomic E-state index is 9.21. The fourth-order valence-corrected chi connectivity index (χ4v) is 1.43. The van der Waals surface area contributed by atoms with Crippen LogP contribution in [0.1, 0.15) is 13.3 Å². The Balaban J connectivity index is 2.63. The van der Waals surface area contributed by atoms with Crippen molar-refractivity contribution in [3.05, 3.63) is 0 Å². The smallest absolute Gasteiger partial charge is 0.108 e. The first-order chi connectivity index (χ1) is 5.04. The molecule has 3 unspecified atom stereocenters. The summed E-state index contributed by atoms with van der Waals surface area (Å²) in [6, 6.07) is 0. The molecule has 66 valence electrons. The molecule has 11 heavy (non-hydrogen) atoms. The van der Waals surface area contributed by atoms with Crippen molar-refractivity contribution in [2.75, 3.05) is 0 Å². The van der Waals surface area contributed by atoms with Crippen molar-refractivity contribution in [2.24, 2.45) is 5.92 Å². The summed E-state index contributed by atoms with van der Waals surface area (Å²) in [5.41, 5.74) is 0. The molecule has 0 spiro atoms. The van der Waals surface area contributed by atoms with Gasteiger partial charge in [0.2, 0.25) is 0 Å². The summed E-state index contributed by atoms with van der Waals surface area (Å²) in [5.74, 6) is -0.164. The lowest BCUT2D eigenvalue weighted by Crippen LogP contribution is -2.52. The topological polar surface area (TPSA) is 80.9 Å². The molecule has 0 heterocycles. The first kappa shape index (κ1) is 8.93. The Morgan fingerprint density at radius 2 is 1.45 bits per heavy atom. The third-order valence-electron chi connectivity index (χ3n) is 2.29. The number of aliphatic hydroxyl groups excluding tert-OH is 4. The van der Waals surface area contributed by atoms with Gasteiger partial charge in [-0.15, -0.1) is 0 Å². The van der Waals surface area contributed by atoms with Gasteiger partial charge in [0.05, 0.1) is 12.2 Å². The molecule has 1 rings (SSSR count). The summed E-state index contributed by atoms with van der Waals surface area (Å²) in [7, 11) is 0. The van der Waals surface area contributed by atoms with Crippen LogP contribution in [0.25, 0.3) is 0 Å². The van der Waals surface area contributed by atoms with Crippen LogP contribution in [-0.4, -0.2) is 44.8 Å². The Morgan fingerprint density at radius 3 is 2.00 bits per heavy atom. The van der Waals surface area contributed by atoms with Gasteiger partial charge in [0, 0.05) is 0 Å². The third kappa shape index (κ3) is 1.54. The second-order valence-electron chi connectivity index (χ2n) is 3.25. The number of hydrogen-bond donors (Lipinski definition) is 4. The van der Waals surface area contributed by atoms with Gasteiger partial charge in [-0.05, 0) is 12.3 Å². The van der Waals surface area contributed by atoms with E-state index >= 15 is 0 Å². The average molecular weight is 162 g/mol. The van der Waals surface area contributed by atoms with E-state index in [1.807, 2.05) is 0 Å². The van der Waals surface area contributed by atoms with Crippen LogP contribution in [0.2, 0.25) is 0 Å². The molecule has 1 fully saturated rings. The van der Waals surface area contributed by atoms with Crippen LogP contribution in [0.3, 0.4) is 0 Å². The largest absolute Gasteiger partial charge is 0.390 e. The van der Waals surface area contributed by atoms with E-state index in [2.05, 4.69) is 0 Å². The molecule has 0 radical (unpaired) electrons. The number of hydrogen-bond acceptors (Lipinski definition) is 4. The van der Waals surface area contributed by atoms with Crippen molar-refractivity contribution in [1.82, 2.24) is 0 Å². The highest BCUT2D eigenvalue weighted by molar-refractivity contribution is 4.90. The lowest BCUT2D eigenvalue weighted by Gasteiger charge is -2.36. The molecule has 1 aliphatic rings.